The molecule has 0 bridgehead atoms. The van der Waals surface area contributed by atoms with Crippen molar-refractivity contribution in [3.8, 4) is 0 Å². The van der Waals surface area contributed by atoms with Gasteiger partial charge in [-0.15, -0.1) is 0 Å². The fourth-order valence-corrected chi connectivity index (χ4v) is 4.38. The molecule has 104 valence electrons. The highest BCUT2D eigenvalue weighted by Gasteiger charge is 2.40. The van der Waals surface area contributed by atoms with Crippen molar-refractivity contribution in [2.75, 3.05) is 13.1 Å². The number of aliphatic carboxylic acids is 1. The van der Waals surface area contributed by atoms with Crippen LogP contribution in [0.3, 0.4) is 0 Å². The highest BCUT2D eigenvalue weighted by Crippen LogP contribution is 2.29. The zero-order valence-corrected chi connectivity index (χ0v) is 12.7. The van der Waals surface area contributed by atoms with Crippen molar-refractivity contribution in [2.24, 2.45) is 11.8 Å². The first-order valence-electron chi connectivity index (χ1n) is 5.81. The third-order valence-corrected chi connectivity index (χ3v) is 5.65. The number of halogens is 1. The van der Waals surface area contributed by atoms with Crippen LogP contribution in [-0.2, 0) is 14.8 Å². The second-order valence-corrected chi connectivity index (χ2v) is 7.56. The summed E-state index contributed by atoms with van der Waals surface area (Å²) in [7, 11) is -3.62. The summed E-state index contributed by atoms with van der Waals surface area (Å²) in [5.41, 5.74) is 0. The summed E-state index contributed by atoms with van der Waals surface area (Å²) in [5, 5.41) is 9.05. The van der Waals surface area contributed by atoms with E-state index in [9.17, 15) is 13.2 Å². The molecule has 2 rings (SSSR count). The number of benzene rings is 1. The number of rotatable bonds is 3. The van der Waals surface area contributed by atoms with Gasteiger partial charge in [0.2, 0.25) is 10.0 Å². The molecule has 0 unspecified atom stereocenters. The molecule has 0 spiro atoms. The number of carboxylic acid groups (broad SMARTS) is 1. The molecule has 1 fully saturated rings. The summed E-state index contributed by atoms with van der Waals surface area (Å²) < 4.78 is 26.7. The molecule has 0 saturated carbocycles. The van der Waals surface area contributed by atoms with E-state index in [4.69, 9.17) is 5.11 Å². The van der Waals surface area contributed by atoms with Gasteiger partial charge in [0.15, 0.2) is 0 Å². The fraction of sp³-hybridized carbons (Fsp3) is 0.417. The SMILES string of the molecule is C[C@@H]1CN(S(=O)(=O)c2cccc(Br)c2)C[C@H]1C(=O)O. The average molecular weight is 348 g/mol. The lowest BCUT2D eigenvalue weighted by Gasteiger charge is -2.16. The van der Waals surface area contributed by atoms with E-state index in [1.807, 2.05) is 0 Å². The second kappa shape index (κ2) is 5.22. The molecule has 0 aromatic heterocycles. The van der Waals surface area contributed by atoms with Gasteiger partial charge >= 0.3 is 5.97 Å². The van der Waals surface area contributed by atoms with Crippen LogP contribution >= 0.6 is 15.9 Å². The molecule has 1 aliphatic heterocycles. The summed E-state index contributed by atoms with van der Waals surface area (Å²) in [5.74, 6) is -1.76. The van der Waals surface area contributed by atoms with Crippen molar-refractivity contribution >= 4 is 31.9 Å². The second-order valence-electron chi connectivity index (χ2n) is 4.70. The van der Waals surface area contributed by atoms with Crippen molar-refractivity contribution in [1.29, 1.82) is 0 Å². The van der Waals surface area contributed by atoms with Gasteiger partial charge in [-0.05, 0) is 24.1 Å². The summed E-state index contributed by atoms with van der Waals surface area (Å²) in [4.78, 5) is 11.2. The third-order valence-electron chi connectivity index (χ3n) is 3.33. The maximum atomic E-state index is 12.4. The van der Waals surface area contributed by atoms with E-state index in [0.717, 1.165) is 0 Å². The monoisotopic (exact) mass is 347 g/mol. The number of nitrogens with zero attached hydrogens (tertiary/aromatic N) is 1. The molecule has 1 heterocycles. The van der Waals surface area contributed by atoms with Gasteiger partial charge in [0.1, 0.15) is 0 Å². The maximum Gasteiger partial charge on any atom is 0.308 e. The topological polar surface area (TPSA) is 74.7 Å². The lowest BCUT2D eigenvalue weighted by molar-refractivity contribution is -0.142. The minimum atomic E-state index is -3.62. The van der Waals surface area contributed by atoms with Crippen LogP contribution in [0.5, 0.6) is 0 Å². The maximum absolute atomic E-state index is 12.4. The number of hydrogen-bond donors (Lipinski definition) is 1. The summed E-state index contributed by atoms with van der Waals surface area (Å²) in [6, 6.07) is 6.42. The Morgan fingerprint density at radius 2 is 2.11 bits per heavy atom. The Balaban J connectivity index is 2.30. The molecule has 5 nitrogen and oxygen atoms in total. The molecule has 7 heteroatoms. The summed E-state index contributed by atoms with van der Waals surface area (Å²) in [6.07, 6.45) is 0. The van der Waals surface area contributed by atoms with E-state index in [0.29, 0.717) is 4.47 Å². The van der Waals surface area contributed by atoms with Crippen molar-refractivity contribution in [1.82, 2.24) is 4.31 Å². The summed E-state index contributed by atoms with van der Waals surface area (Å²) in [6.45, 7) is 2.03. The largest absolute Gasteiger partial charge is 0.481 e. The van der Waals surface area contributed by atoms with Crippen molar-refractivity contribution in [3.05, 3.63) is 28.7 Å². The first-order chi connectivity index (χ1) is 8.82. The smallest absolute Gasteiger partial charge is 0.308 e. The van der Waals surface area contributed by atoms with Gasteiger partial charge in [0, 0.05) is 17.6 Å². The molecule has 19 heavy (non-hydrogen) atoms. The highest BCUT2D eigenvalue weighted by molar-refractivity contribution is 9.10. The van der Waals surface area contributed by atoms with Crippen molar-refractivity contribution < 1.29 is 18.3 Å². The summed E-state index contributed by atoms with van der Waals surface area (Å²) >= 11 is 3.23. The molecule has 0 amide bonds. The lowest BCUT2D eigenvalue weighted by atomic mass is 9.99. The Hall–Kier alpha value is -0.920. The Bertz CT molecular complexity index is 602. The zero-order valence-electron chi connectivity index (χ0n) is 10.3. The lowest BCUT2D eigenvalue weighted by Crippen LogP contribution is -2.30. The molecule has 0 radical (unpaired) electrons. The predicted molar refractivity (Wildman–Crippen MR) is 73.2 cm³/mol. The minimum Gasteiger partial charge on any atom is -0.481 e. The standard InChI is InChI=1S/C12H14BrNO4S/c1-8-6-14(7-11(8)12(15)16)19(17,18)10-4-2-3-9(13)5-10/h2-5,8,11H,6-7H2,1H3,(H,15,16)/t8-,11-/m1/s1. The molecule has 1 saturated heterocycles. The first kappa shape index (κ1) is 14.5. The van der Waals surface area contributed by atoms with Crippen LogP contribution in [-0.4, -0.2) is 36.9 Å². The van der Waals surface area contributed by atoms with Crippen LogP contribution < -0.4 is 0 Å². The minimum absolute atomic E-state index is 0.0331. The highest BCUT2D eigenvalue weighted by atomic mass is 79.9. The van der Waals surface area contributed by atoms with Gasteiger partial charge in [-0.3, -0.25) is 4.79 Å². The molecule has 1 aromatic rings. The van der Waals surface area contributed by atoms with Crippen LogP contribution in [0.1, 0.15) is 6.92 Å². The first-order valence-corrected chi connectivity index (χ1v) is 8.04. The van der Waals surface area contributed by atoms with E-state index >= 15 is 0 Å². The number of hydrogen-bond acceptors (Lipinski definition) is 3. The average Bonchev–Trinajstić information content (AvgIpc) is 2.72. The van der Waals surface area contributed by atoms with E-state index in [1.165, 1.54) is 16.4 Å². The molecule has 1 N–H and O–H groups in total. The van der Waals surface area contributed by atoms with Crippen molar-refractivity contribution in [3.63, 3.8) is 0 Å². The Morgan fingerprint density at radius 1 is 1.42 bits per heavy atom. The van der Waals surface area contributed by atoms with Gasteiger partial charge in [-0.1, -0.05) is 28.9 Å². The third kappa shape index (κ3) is 2.82. The van der Waals surface area contributed by atoms with Gasteiger partial charge in [0.05, 0.1) is 10.8 Å². The normalized spacial score (nSPS) is 24.5. The van der Waals surface area contributed by atoms with Crippen LogP contribution in [0.4, 0.5) is 0 Å². The van der Waals surface area contributed by atoms with Crippen LogP contribution in [0.25, 0.3) is 0 Å². The van der Waals surface area contributed by atoms with E-state index in [2.05, 4.69) is 15.9 Å². The van der Waals surface area contributed by atoms with Gasteiger partial charge in [-0.2, -0.15) is 4.31 Å². The Kier molecular flexibility index (Phi) is 3.98. The molecule has 1 aliphatic rings. The quantitative estimate of drug-likeness (QED) is 0.904. The van der Waals surface area contributed by atoms with Gasteiger partial charge in [0.25, 0.3) is 0 Å². The van der Waals surface area contributed by atoms with E-state index < -0.39 is 21.9 Å². The number of carbonyl (C=O) groups is 1. The molecular formula is C12H14BrNO4S. The number of sulfonamides is 1. The molecule has 2 atom stereocenters. The van der Waals surface area contributed by atoms with Crippen LogP contribution in [0, 0.1) is 11.8 Å². The fourth-order valence-electron chi connectivity index (χ4n) is 2.22. The van der Waals surface area contributed by atoms with E-state index in [-0.39, 0.29) is 23.9 Å². The molecule has 1 aromatic carbocycles. The Morgan fingerprint density at radius 3 is 2.63 bits per heavy atom. The van der Waals surface area contributed by atoms with Crippen molar-refractivity contribution in [2.45, 2.75) is 11.8 Å². The van der Waals surface area contributed by atoms with Gasteiger partial charge in [-0.25, -0.2) is 8.42 Å². The van der Waals surface area contributed by atoms with E-state index in [1.54, 1.807) is 19.1 Å². The van der Waals surface area contributed by atoms with Gasteiger partial charge < -0.3 is 5.11 Å². The zero-order chi connectivity index (χ0) is 14.2. The molecule has 0 aliphatic carbocycles. The Labute approximate surface area is 120 Å². The predicted octanol–water partition coefficient (Wildman–Crippen LogP) is 1.79. The number of carboxylic acids is 1. The molecular weight excluding hydrogens is 334 g/mol. The van der Waals surface area contributed by atoms with Crippen LogP contribution in [0.15, 0.2) is 33.6 Å². The van der Waals surface area contributed by atoms with Crippen LogP contribution in [0.2, 0.25) is 0 Å².